The summed E-state index contributed by atoms with van der Waals surface area (Å²) in [5, 5.41) is 4.27. The molecule has 1 saturated heterocycles. The second-order valence-electron chi connectivity index (χ2n) is 6.35. The van der Waals surface area contributed by atoms with Gasteiger partial charge in [0.2, 0.25) is 5.91 Å². The van der Waals surface area contributed by atoms with Crippen molar-refractivity contribution in [1.82, 2.24) is 24.2 Å². The fraction of sp³-hybridized carbons (Fsp3) is 0.389. The first-order chi connectivity index (χ1) is 11.7. The number of amides is 1. The Bertz CT molecular complexity index is 852. The predicted molar refractivity (Wildman–Crippen MR) is 91.4 cm³/mol. The van der Waals surface area contributed by atoms with E-state index < -0.39 is 0 Å². The molecule has 6 heteroatoms. The van der Waals surface area contributed by atoms with Crippen molar-refractivity contribution < 1.29 is 4.79 Å². The van der Waals surface area contributed by atoms with Gasteiger partial charge >= 0.3 is 0 Å². The fourth-order valence-corrected chi connectivity index (χ4v) is 3.60. The van der Waals surface area contributed by atoms with Gasteiger partial charge in [0.15, 0.2) is 0 Å². The maximum Gasteiger partial charge on any atom is 0.242 e. The van der Waals surface area contributed by atoms with Crippen LogP contribution < -0.4 is 0 Å². The molecule has 1 atom stereocenters. The van der Waals surface area contributed by atoms with Gasteiger partial charge in [0.25, 0.3) is 0 Å². The lowest BCUT2D eigenvalue weighted by molar-refractivity contribution is -0.132. The first kappa shape index (κ1) is 14.9. The van der Waals surface area contributed by atoms with Crippen LogP contribution in [0.2, 0.25) is 0 Å². The molecule has 1 fully saturated rings. The maximum atomic E-state index is 12.9. The van der Waals surface area contributed by atoms with Crippen LogP contribution in [0.4, 0.5) is 0 Å². The highest BCUT2D eigenvalue weighted by Gasteiger charge is 2.29. The molecular weight excluding hydrogens is 302 g/mol. The summed E-state index contributed by atoms with van der Waals surface area (Å²) < 4.78 is 3.93. The van der Waals surface area contributed by atoms with Crippen LogP contribution in [0, 0.1) is 6.92 Å². The first-order valence-electron chi connectivity index (χ1n) is 8.41. The number of benzene rings is 1. The maximum absolute atomic E-state index is 12.9. The highest BCUT2D eigenvalue weighted by atomic mass is 16.2. The minimum Gasteiger partial charge on any atom is -0.336 e. The molecule has 0 saturated carbocycles. The molecule has 0 bridgehead atoms. The first-order valence-corrected chi connectivity index (χ1v) is 8.41. The lowest BCUT2D eigenvalue weighted by Gasteiger charge is -2.25. The zero-order valence-electron chi connectivity index (χ0n) is 13.8. The van der Waals surface area contributed by atoms with Gasteiger partial charge in [-0.3, -0.25) is 9.48 Å². The molecule has 124 valence electrons. The molecule has 2 aromatic heterocycles. The minimum absolute atomic E-state index is 0.163. The van der Waals surface area contributed by atoms with Gasteiger partial charge in [0, 0.05) is 18.9 Å². The van der Waals surface area contributed by atoms with Crippen LogP contribution in [-0.4, -0.2) is 42.7 Å². The van der Waals surface area contributed by atoms with E-state index in [-0.39, 0.29) is 11.9 Å². The van der Waals surface area contributed by atoms with E-state index in [2.05, 4.69) is 10.1 Å². The van der Waals surface area contributed by atoms with Gasteiger partial charge in [-0.2, -0.15) is 5.10 Å². The summed E-state index contributed by atoms with van der Waals surface area (Å²) in [7, 11) is 0. The summed E-state index contributed by atoms with van der Waals surface area (Å²) in [6, 6.07) is 10.1. The SMILES string of the molecule is Cc1nc2ccccc2n1CC(=O)N1CCC[C@H]1Cn1cccn1. The van der Waals surface area contributed by atoms with E-state index in [1.54, 1.807) is 6.20 Å². The summed E-state index contributed by atoms with van der Waals surface area (Å²) in [5.74, 6) is 1.04. The number of para-hydroxylation sites is 2. The standard InChI is InChI=1S/C18H21N5O/c1-14-20-16-7-2-3-8-17(16)23(14)13-18(24)22-11-4-6-15(22)12-21-10-5-9-19-21/h2-3,5,7-10,15H,4,6,11-13H2,1H3/t15-/m0/s1. The monoisotopic (exact) mass is 323 g/mol. The molecule has 1 aliphatic rings. The Balaban J connectivity index is 1.53. The summed E-state index contributed by atoms with van der Waals surface area (Å²) in [5.41, 5.74) is 1.96. The molecule has 0 spiro atoms. The number of carbonyl (C=O) groups excluding carboxylic acids is 1. The van der Waals surface area contributed by atoms with Crippen LogP contribution in [0.5, 0.6) is 0 Å². The molecule has 0 N–H and O–H groups in total. The van der Waals surface area contributed by atoms with Gasteiger partial charge < -0.3 is 9.47 Å². The molecule has 1 aromatic carbocycles. The number of nitrogens with zero attached hydrogens (tertiary/aromatic N) is 5. The summed E-state index contributed by atoms with van der Waals surface area (Å²) in [6.45, 7) is 3.90. The van der Waals surface area contributed by atoms with E-state index in [4.69, 9.17) is 0 Å². The molecule has 6 nitrogen and oxygen atoms in total. The van der Waals surface area contributed by atoms with E-state index in [9.17, 15) is 4.79 Å². The van der Waals surface area contributed by atoms with Crippen molar-refractivity contribution in [3.8, 4) is 0 Å². The van der Waals surface area contributed by atoms with Gasteiger partial charge in [-0.15, -0.1) is 0 Å². The van der Waals surface area contributed by atoms with Gasteiger partial charge in [-0.1, -0.05) is 12.1 Å². The van der Waals surface area contributed by atoms with Crippen LogP contribution in [0.25, 0.3) is 11.0 Å². The van der Waals surface area contributed by atoms with Gasteiger partial charge in [0.05, 0.1) is 23.6 Å². The van der Waals surface area contributed by atoms with Crippen LogP contribution in [-0.2, 0) is 17.9 Å². The normalized spacial score (nSPS) is 17.7. The van der Waals surface area contributed by atoms with E-state index in [0.717, 1.165) is 42.8 Å². The summed E-state index contributed by atoms with van der Waals surface area (Å²) in [6.07, 6.45) is 5.83. The van der Waals surface area contributed by atoms with Gasteiger partial charge in [0.1, 0.15) is 12.4 Å². The number of rotatable bonds is 4. The Kier molecular flexibility index (Phi) is 3.80. The third-order valence-corrected chi connectivity index (χ3v) is 4.79. The Morgan fingerprint density at radius 3 is 3.00 bits per heavy atom. The molecule has 4 rings (SSSR count). The zero-order valence-corrected chi connectivity index (χ0v) is 13.8. The molecule has 3 aromatic rings. The zero-order chi connectivity index (χ0) is 16.5. The number of carbonyl (C=O) groups is 1. The third kappa shape index (κ3) is 2.68. The number of aromatic nitrogens is 4. The number of imidazole rings is 1. The molecule has 0 aliphatic carbocycles. The molecule has 1 amide bonds. The average Bonchev–Trinajstić information content (AvgIpc) is 3.30. The molecule has 1 aliphatic heterocycles. The van der Waals surface area contributed by atoms with E-state index in [1.165, 1.54) is 0 Å². The van der Waals surface area contributed by atoms with E-state index >= 15 is 0 Å². The largest absolute Gasteiger partial charge is 0.336 e. The Morgan fingerprint density at radius 1 is 1.29 bits per heavy atom. The Labute approximate surface area is 140 Å². The molecule has 0 unspecified atom stereocenters. The lowest BCUT2D eigenvalue weighted by atomic mass is 10.2. The number of aryl methyl sites for hydroxylation is 1. The van der Waals surface area contributed by atoms with Gasteiger partial charge in [-0.05, 0) is 38.0 Å². The topological polar surface area (TPSA) is 56.0 Å². The highest BCUT2D eigenvalue weighted by molar-refractivity contribution is 5.81. The quantitative estimate of drug-likeness (QED) is 0.740. The number of fused-ring (bicyclic) bond motifs is 1. The summed E-state index contributed by atoms with van der Waals surface area (Å²) in [4.78, 5) is 19.5. The van der Waals surface area contributed by atoms with Crippen LogP contribution in [0.3, 0.4) is 0 Å². The minimum atomic E-state index is 0.163. The number of hydrogen-bond acceptors (Lipinski definition) is 3. The van der Waals surface area contributed by atoms with E-state index in [1.807, 2.05) is 57.6 Å². The lowest BCUT2D eigenvalue weighted by Crippen LogP contribution is -2.40. The third-order valence-electron chi connectivity index (χ3n) is 4.79. The number of hydrogen-bond donors (Lipinski definition) is 0. The second kappa shape index (κ2) is 6.11. The molecular formula is C18H21N5O. The van der Waals surface area contributed by atoms with Crippen molar-refractivity contribution in [2.24, 2.45) is 0 Å². The molecule has 24 heavy (non-hydrogen) atoms. The molecule has 0 radical (unpaired) electrons. The smallest absolute Gasteiger partial charge is 0.242 e. The molecule has 3 heterocycles. The predicted octanol–water partition coefficient (Wildman–Crippen LogP) is 2.23. The van der Waals surface area contributed by atoms with Crippen molar-refractivity contribution in [3.05, 3.63) is 48.5 Å². The van der Waals surface area contributed by atoms with Crippen molar-refractivity contribution in [2.75, 3.05) is 6.54 Å². The van der Waals surface area contributed by atoms with Gasteiger partial charge in [-0.25, -0.2) is 4.98 Å². The fourth-order valence-electron chi connectivity index (χ4n) is 3.60. The van der Waals surface area contributed by atoms with Crippen LogP contribution in [0.1, 0.15) is 18.7 Å². The Hall–Kier alpha value is -2.63. The van der Waals surface area contributed by atoms with Crippen molar-refractivity contribution >= 4 is 16.9 Å². The average molecular weight is 323 g/mol. The van der Waals surface area contributed by atoms with Crippen LogP contribution >= 0.6 is 0 Å². The van der Waals surface area contributed by atoms with Crippen molar-refractivity contribution in [3.63, 3.8) is 0 Å². The van der Waals surface area contributed by atoms with Crippen molar-refractivity contribution in [1.29, 1.82) is 0 Å². The summed E-state index contributed by atoms with van der Waals surface area (Å²) >= 11 is 0. The highest BCUT2D eigenvalue weighted by Crippen LogP contribution is 2.21. The number of likely N-dealkylation sites (tertiary alicyclic amines) is 1. The van der Waals surface area contributed by atoms with Crippen molar-refractivity contribution in [2.45, 2.75) is 38.9 Å². The van der Waals surface area contributed by atoms with Crippen LogP contribution in [0.15, 0.2) is 42.7 Å². The second-order valence-corrected chi connectivity index (χ2v) is 6.35. The Morgan fingerprint density at radius 2 is 2.17 bits per heavy atom. The van der Waals surface area contributed by atoms with E-state index in [0.29, 0.717) is 6.54 Å².